The predicted molar refractivity (Wildman–Crippen MR) is 61.9 cm³/mol. The van der Waals surface area contributed by atoms with Crippen LogP contribution in [0.25, 0.3) is 0 Å². The molecular formula is C11H15N3O2. The Morgan fingerprint density at radius 2 is 2.19 bits per heavy atom. The van der Waals surface area contributed by atoms with Crippen molar-refractivity contribution in [3.63, 3.8) is 0 Å². The van der Waals surface area contributed by atoms with Gasteiger partial charge in [0.1, 0.15) is 11.5 Å². The highest BCUT2D eigenvalue weighted by Crippen LogP contribution is 2.30. The van der Waals surface area contributed by atoms with E-state index in [-0.39, 0.29) is 6.04 Å². The fourth-order valence-corrected chi connectivity index (χ4v) is 1.75. The number of methoxy groups -OCH3 is 2. The summed E-state index contributed by atoms with van der Waals surface area (Å²) in [7, 11) is 3.28. The monoisotopic (exact) mass is 221 g/mol. The summed E-state index contributed by atoms with van der Waals surface area (Å²) in [6, 6.07) is 5.74. The number of ether oxygens (including phenoxy) is 2. The van der Waals surface area contributed by atoms with E-state index in [1.165, 1.54) is 0 Å². The standard InChI is InChI=1S/C11H15N3O2/c1-15-7-3-4-10(16-2)8(5-7)9-6-13-11(12)14-9/h3-5,9H,6H2,1-2H3,(H3,12,13,14). The van der Waals surface area contributed by atoms with Gasteiger partial charge in [-0.25, -0.2) is 0 Å². The van der Waals surface area contributed by atoms with Crippen LogP contribution in [-0.2, 0) is 0 Å². The Kier molecular flexibility index (Phi) is 2.85. The molecule has 1 aromatic carbocycles. The SMILES string of the molecule is COc1ccc(OC)c(C2CN=C(N)N2)c1. The maximum atomic E-state index is 5.59. The van der Waals surface area contributed by atoms with Crippen LogP contribution in [0.4, 0.5) is 0 Å². The van der Waals surface area contributed by atoms with Gasteiger partial charge in [0.2, 0.25) is 0 Å². The largest absolute Gasteiger partial charge is 0.497 e. The van der Waals surface area contributed by atoms with E-state index >= 15 is 0 Å². The molecule has 1 heterocycles. The van der Waals surface area contributed by atoms with E-state index < -0.39 is 0 Å². The van der Waals surface area contributed by atoms with Gasteiger partial charge in [0.25, 0.3) is 0 Å². The summed E-state index contributed by atoms with van der Waals surface area (Å²) < 4.78 is 10.5. The number of guanidine groups is 1. The molecule has 0 fully saturated rings. The van der Waals surface area contributed by atoms with Gasteiger partial charge < -0.3 is 20.5 Å². The van der Waals surface area contributed by atoms with Gasteiger partial charge in [-0.15, -0.1) is 0 Å². The first-order valence-electron chi connectivity index (χ1n) is 5.03. The van der Waals surface area contributed by atoms with E-state index in [2.05, 4.69) is 10.3 Å². The third-order valence-electron chi connectivity index (χ3n) is 2.58. The summed E-state index contributed by atoms with van der Waals surface area (Å²) in [5.74, 6) is 2.07. The molecule has 16 heavy (non-hydrogen) atoms. The lowest BCUT2D eigenvalue weighted by molar-refractivity contribution is 0.394. The second kappa shape index (κ2) is 4.30. The summed E-state index contributed by atoms with van der Waals surface area (Å²) in [6.45, 7) is 0.620. The molecule has 0 radical (unpaired) electrons. The van der Waals surface area contributed by atoms with Crippen molar-refractivity contribution in [3.8, 4) is 11.5 Å². The van der Waals surface area contributed by atoms with Gasteiger partial charge in [-0.05, 0) is 18.2 Å². The third-order valence-corrected chi connectivity index (χ3v) is 2.58. The second-order valence-electron chi connectivity index (χ2n) is 3.53. The Morgan fingerprint density at radius 1 is 1.38 bits per heavy atom. The van der Waals surface area contributed by atoms with Crippen LogP contribution in [0.1, 0.15) is 11.6 Å². The molecule has 1 unspecified atom stereocenters. The topological polar surface area (TPSA) is 68.9 Å². The van der Waals surface area contributed by atoms with Gasteiger partial charge in [-0.1, -0.05) is 0 Å². The Hall–Kier alpha value is -1.91. The number of benzene rings is 1. The summed E-state index contributed by atoms with van der Waals surface area (Å²) in [5.41, 5.74) is 6.60. The van der Waals surface area contributed by atoms with E-state index in [1.807, 2.05) is 18.2 Å². The average Bonchev–Trinajstić information content (AvgIpc) is 2.75. The van der Waals surface area contributed by atoms with Crippen LogP contribution in [0.3, 0.4) is 0 Å². The zero-order chi connectivity index (χ0) is 11.5. The number of hydrogen-bond donors (Lipinski definition) is 2. The van der Waals surface area contributed by atoms with Gasteiger partial charge in [0, 0.05) is 5.56 Å². The first kappa shape index (κ1) is 10.6. The first-order chi connectivity index (χ1) is 7.74. The Balaban J connectivity index is 2.30. The highest BCUT2D eigenvalue weighted by atomic mass is 16.5. The van der Waals surface area contributed by atoms with Crippen LogP contribution >= 0.6 is 0 Å². The molecule has 1 aliphatic rings. The molecule has 0 amide bonds. The normalized spacial score (nSPS) is 18.9. The molecular weight excluding hydrogens is 206 g/mol. The third kappa shape index (κ3) is 1.88. The lowest BCUT2D eigenvalue weighted by atomic mass is 10.1. The molecule has 5 heteroatoms. The van der Waals surface area contributed by atoms with Gasteiger partial charge >= 0.3 is 0 Å². The van der Waals surface area contributed by atoms with Crippen LogP contribution in [0.5, 0.6) is 11.5 Å². The summed E-state index contributed by atoms with van der Waals surface area (Å²) in [6.07, 6.45) is 0. The number of nitrogens with two attached hydrogens (primary N) is 1. The fraction of sp³-hybridized carbons (Fsp3) is 0.364. The molecule has 0 saturated heterocycles. The van der Waals surface area contributed by atoms with E-state index in [1.54, 1.807) is 14.2 Å². The molecule has 0 aromatic heterocycles. The molecule has 0 saturated carbocycles. The molecule has 0 aliphatic carbocycles. The van der Waals surface area contributed by atoms with Crippen molar-refractivity contribution in [2.24, 2.45) is 10.7 Å². The van der Waals surface area contributed by atoms with Crippen molar-refractivity contribution in [2.45, 2.75) is 6.04 Å². The lowest BCUT2D eigenvalue weighted by Gasteiger charge is -2.16. The summed E-state index contributed by atoms with van der Waals surface area (Å²) in [4.78, 5) is 4.11. The molecule has 0 spiro atoms. The molecule has 0 bridgehead atoms. The minimum atomic E-state index is 0.0602. The van der Waals surface area contributed by atoms with E-state index in [9.17, 15) is 0 Å². The smallest absolute Gasteiger partial charge is 0.189 e. The Bertz CT molecular complexity index is 418. The number of nitrogens with one attached hydrogen (secondary N) is 1. The van der Waals surface area contributed by atoms with Crippen LogP contribution in [0, 0.1) is 0 Å². The van der Waals surface area contributed by atoms with Crippen molar-refractivity contribution < 1.29 is 9.47 Å². The van der Waals surface area contributed by atoms with Gasteiger partial charge in [0.05, 0.1) is 26.8 Å². The molecule has 1 atom stereocenters. The highest BCUT2D eigenvalue weighted by molar-refractivity contribution is 5.80. The molecule has 1 aromatic rings. The van der Waals surface area contributed by atoms with Gasteiger partial charge in [-0.3, -0.25) is 4.99 Å². The maximum absolute atomic E-state index is 5.59. The summed E-state index contributed by atoms with van der Waals surface area (Å²) in [5, 5.41) is 3.09. The highest BCUT2D eigenvalue weighted by Gasteiger charge is 2.21. The van der Waals surface area contributed by atoms with Crippen molar-refractivity contribution in [1.82, 2.24) is 5.32 Å². The second-order valence-corrected chi connectivity index (χ2v) is 3.53. The van der Waals surface area contributed by atoms with Crippen molar-refractivity contribution in [1.29, 1.82) is 0 Å². The predicted octanol–water partition coefficient (Wildman–Crippen LogP) is 0.663. The van der Waals surface area contributed by atoms with Gasteiger partial charge in [-0.2, -0.15) is 0 Å². The number of hydrogen-bond acceptors (Lipinski definition) is 5. The van der Waals surface area contributed by atoms with E-state index in [4.69, 9.17) is 15.2 Å². The average molecular weight is 221 g/mol. The fourth-order valence-electron chi connectivity index (χ4n) is 1.75. The van der Waals surface area contributed by atoms with E-state index in [0.29, 0.717) is 12.5 Å². The molecule has 1 aliphatic heterocycles. The molecule has 2 rings (SSSR count). The number of nitrogens with zero attached hydrogens (tertiary/aromatic N) is 1. The zero-order valence-corrected chi connectivity index (χ0v) is 9.36. The number of rotatable bonds is 3. The van der Waals surface area contributed by atoms with Crippen molar-refractivity contribution in [2.75, 3.05) is 20.8 Å². The Morgan fingerprint density at radius 3 is 2.75 bits per heavy atom. The minimum Gasteiger partial charge on any atom is -0.497 e. The van der Waals surface area contributed by atoms with Crippen LogP contribution in [-0.4, -0.2) is 26.7 Å². The quantitative estimate of drug-likeness (QED) is 0.786. The number of aliphatic imine (C=N–C) groups is 1. The maximum Gasteiger partial charge on any atom is 0.189 e. The van der Waals surface area contributed by atoms with Crippen molar-refractivity contribution >= 4 is 5.96 Å². The van der Waals surface area contributed by atoms with Crippen LogP contribution in [0.2, 0.25) is 0 Å². The zero-order valence-electron chi connectivity index (χ0n) is 9.36. The van der Waals surface area contributed by atoms with Crippen LogP contribution in [0.15, 0.2) is 23.2 Å². The molecule has 5 nitrogen and oxygen atoms in total. The first-order valence-corrected chi connectivity index (χ1v) is 5.03. The Labute approximate surface area is 94.3 Å². The molecule has 86 valence electrons. The lowest BCUT2D eigenvalue weighted by Crippen LogP contribution is -2.29. The summed E-state index contributed by atoms with van der Waals surface area (Å²) >= 11 is 0. The van der Waals surface area contributed by atoms with Crippen molar-refractivity contribution in [3.05, 3.63) is 23.8 Å². The minimum absolute atomic E-state index is 0.0602. The van der Waals surface area contributed by atoms with E-state index in [0.717, 1.165) is 17.1 Å². The van der Waals surface area contributed by atoms with Gasteiger partial charge in [0.15, 0.2) is 5.96 Å². The van der Waals surface area contributed by atoms with Crippen LogP contribution < -0.4 is 20.5 Å². The molecule has 3 N–H and O–H groups in total.